The fourth-order valence-corrected chi connectivity index (χ4v) is 0.177. The Hall–Kier alpha value is 0.0900. The summed E-state index contributed by atoms with van der Waals surface area (Å²) in [7, 11) is 0. The van der Waals surface area contributed by atoms with Crippen LogP contribution in [-0.2, 0) is 0 Å². The minimum absolute atomic E-state index is 1.46. The summed E-state index contributed by atoms with van der Waals surface area (Å²) in [6.45, 7) is 6.10. The van der Waals surface area contributed by atoms with Crippen molar-refractivity contribution in [1.82, 2.24) is 0 Å². The topological polar surface area (TPSA) is 0 Å². The molecule has 0 aromatic rings. The molecule has 0 N–H and O–H groups in total. The maximum absolute atomic E-state index is 2.12. The summed E-state index contributed by atoms with van der Waals surface area (Å²) in [5.74, 6) is 0. The van der Waals surface area contributed by atoms with E-state index in [9.17, 15) is 0 Å². The smallest absolute Gasteiger partial charge is 0.00727 e. The van der Waals surface area contributed by atoms with Crippen molar-refractivity contribution in [2.24, 2.45) is 0 Å². The van der Waals surface area contributed by atoms with Crippen LogP contribution in [0.3, 0.4) is 0 Å². The van der Waals surface area contributed by atoms with E-state index >= 15 is 0 Å². The van der Waals surface area contributed by atoms with Gasteiger partial charge in [-0.25, -0.2) is 0 Å². The van der Waals surface area contributed by atoms with Crippen LogP contribution >= 0.6 is 11.8 Å². The van der Waals surface area contributed by atoms with Gasteiger partial charge in [0, 0.05) is 0 Å². The molecule has 0 aromatic carbocycles. The molecule has 0 saturated carbocycles. The fraction of sp³-hybridized carbons (Fsp3) is 0.600. The molecule has 0 spiro atoms. The van der Waals surface area contributed by atoms with Crippen molar-refractivity contribution in [1.29, 1.82) is 0 Å². The zero-order chi connectivity index (χ0) is 4.99. The number of allylic oxidation sites excluding steroid dienone is 1. The Morgan fingerprint density at radius 3 is 1.67 bits per heavy atom. The molecule has 0 unspecified atom stereocenters. The van der Waals surface area contributed by atoms with Gasteiger partial charge in [-0.05, 0) is 17.2 Å². The Kier molecular flexibility index (Phi) is 3.34. The first-order valence-corrected chi connectivity index (χ1v) is 3.11. The maximum Gasteiger partial charge on any atom is -0.00727 e. The molecule has 0 atom stereocenters. The van der Waals surface area contributed by atoms with Crippen molar-refractivity contribution in [2.45, 2.75) is 20.8 Å². The quantitative estimate of drug-likeness (QED) is 0.453. The summed E-state index contributed by atoms with van der Waals surface area (Å²) < 4.78 is 0. The molecule has 0 nitrogen and oxygen atoms in total. The van der Waals surface area contributed by atoms with Gasteiger partial charge in [-0.15, -0.1) is 11.8 Å². The summed E-state index contributed by atoms with van der Waals surface area (Å²) in [6.07, 6.45) is 0. The lowest BCUT2D eigenvalue weighted by molar-refractivity contribution is 1.50. The lowest BCUT2D eigenvalue weighted by Crippen LogP contribution is -1.18. The molecule has 1 heterocycles. The van der Waals surface area contributed by atoms with Crippen molar-refractivity contribution in [2.75, 3.05) is 0 Å². The average molecular weight is 102 g/mol. The van der Waals surface area contributed by atoms with Crippen molar-refractivity contribution >= 4 is 11.8 Å². The molecular formula is C5H10S. The third kappa shape index (κ3) is 4.09. The van der Waals surface area contributed by atoms with Gasteiger partial charge in [-0.1, -0.05) is 13.8 Å². The third-order valence-electron chi connectivity index (χ3n) is 0.354. The Morgan fingerprint density at radius 1 is 1.50 bits per heavy atom. The van der Waals surface area contributed by atoms with Gasteiger partial charge in [0.25, 0.3) is 0 Å². The van der Waals surface area contributed by atoms with Gasteiger partial charge in [-0.3, -0.25) is 0 Å². The van der Waals surface area contributed by atoms with Crippen LogP contribution < -0.4 is 0 Å². The van der Waals surface area contributed by atoms with E-state index in [0.29, 0.717) is 0 Å². The highest BCUT2D eigenvalue weighted by Gasteiger charge is 1.95. The molecular weight excluding hydrogens is 92.1 g/mol. The van der Waals surface area contributed by atoms with Gasteiger partial charge >= 0.3 is 0 Å². The van der Waals surface area contributed by atoms with Gasteiger partial charge in [0.05, 0.1) is 0 Å². The van der Waals surface area contributed by atoms with Crippen molar-refractivity contribution in [3.8, 4) is 0 Å². The number of hydrogen-bond donors (Lipinski definition) is 0. The molecule has 0 radical (unpaired) electrons. The Labute approximate surface area is 43.6 Å². The van der Waals surface area contributed by atoms with E-state index in [1.165, 1.54) is 4.91 Å². The van der Waals surface area contributed by atoms with Gasteiger partial charge < -0.3 is 0 Å². The molecule has 0 aromatic heterocycles. The van der Waals surface area contributed by atoms with E-state index in [1.807, 2.05) is 25.6 Å². The van der Waals surface area contributed by atoms with Crippen LogP contribution in [0.25, 0.3) is 0 Å². The number of rotatable bonds is 0. The summed E-state index contributed by atoms with van der Waals surface area (Å²) >= 11 is 1.81. The van der Waals surface area contributed by atoms with E-state index < -0.39 is 0 Å². The SMILES string of the molecule is CC.CC1=CS1. The first-order chi connectivity index (χ1) is 2.89. The van der Waals surface area contributed by atoms with Crippen molar-refractivity contribution in [3.63, 3.8) is 0 Å². The van der Waals surface area contributed by atoms with Gasteiger partial charge in [0.15, 0.2) is 0 Å². The summed E-state index contributed by atoms with van der Waals surface area (Å²) in [4.78, 5) is 1.46. The minimum atomic E-state index is 1.46. The predicted molar refractivity (Wildman–Crippen MR) is 32.7 cm³/mol. The molecule has 1 heteroatoms. The molecule has 1 rings (SSSR count). The van der Waals surface area contributed by atoms with Crippen LogP contribution in [0.1, 0.15) is 20.8 Å². The third-order valence-corrected chi connectivity index (χ3v) is 1.06. The standard InChI is InChI=1S/C3H4S.C2H6/c1-3-2-4-3;1-2/h2H,1H3;1-2H3. The number of hydrogen-bond acceptors (Lipinski definition) is 1. The van der Waals surface area contributed by atoms with Crippen molar-refractivity contribution < 1.29 is 0 Å². The highest BCUT2D eigenvalue weighted by atomic mass is 32.2. The van der Waals surface area contributed by atoms with Crippen LogP contribution in [0.4, 0.5) is 0 Å². The van der Waals surface area contributed by atoms with Crippen LogP contribution in [0.15, 0.2) is 10.3 Å². The number of thioether (sulfide) groups is 1. The van der Waals surface area contributed by atoms with E-state index in [1.54, 1.807) is 0 Å². The zero-order valence-electron chi connectivity index (χ0n) is 4.49. The van der Waals surface area contributed by atoms with Gasteiger partial charge in [0.2, 0.25) is 0 Å². The van der Waals surface area contributed by atoms with Crippen molar-refractivity contribution in [3.05, 3.63) is 10.3 Å². The first-order valence-electron chi connectivity index (χ1n) is 2.23. The van der Waals surface area contributed by atoms with Gasteiger partial charge in [0.1, 0.15) is 0 Å². The second-order valence-electron chi connectivity index (χ2n) is 0.846. The maximum atomic E-state index is 2.12. The molecule has 0 aliphatic carbocycles. The van der Waals surface area contributed by atoms with Gasteiger partial charge in [-0.2, -0.15) is 0 Å². The van der Waals surface area contributed by atoms with E-state index in [2.05, 4.69) is 12.3 Å². The highest BCUT2D eigenvalue weighted by molar-refractivity contribution is 8.12. The van der Waals surface area contributed by atoms with Crippen LogP contribution in [0.2, 0.25) is 0 Å². The lowest BCUT2D eigenvalue weighted by atomic mass is 10.8. The first kappa shape index (κ1) is 6.09. The highest BCUT2D eigenvalue weighted by Crippen LogP contribution is 2.31. The molecule has 0 saturated heterocycles. The molecule has 1 aliphatic rings. The van der Waals surface area contributed by atoms with E-state index in [-0.39, 0.29) is 0 Å². The Morgan fingerprint density at radius 2 is 1.67 bits per heavy atom. The van der Waals surface area contributed by atoms with E-state index in [0.717, 1.165) is 0 Å². The van der Waals surface area contributed by atoms with Crippen LogP contribution in [0.5, 0.6) is 0 Å². The molecule has 0 bridgehead atoms. The molecule has 0 fully saturated rings. The predicted octanol–water partition coefficient (Wildman–Crippen LogP) is 2.62. The van der Waals surface area contributed by atoms with E-state index in [4.69, 9.17) is 0 Å². The van der Waals surface area contributed by atoms with Crippen LogP contribution in [0, 0.1) is 0 Å². The largest absolute Gasteiger partial charge is 0.101 e. The fourth-order valence-electron chi connectivity index (χ4n) is 0.0589. The molecule has 0 amide bonds. The summed E-state index contributed by atoms with van der Waals surface area (Å²) in [6, 6.07) is 0. The Balaban J connectivity index is 0.000000112. The second-order valence-corrected chi connectivity index (χ2v) is 1.96. The van der Waals surface area contributed by atoms with Crippen LogP contribution in [-0.4, -0.2) is 0 Å². The average Bonchev–Trinajstić information content (AvgIpc) is 2.30. The Bertz CT molecular complexity index is 55.0. The normalized spacial score (nSPS) is 14.2. The second kappa shape index (κ2) is 3.29. The lowest BCUT2D eigenvalue weighted by Gasteiger charge is -1.45. The summed E-state index contributed by atoms with van der Waals surface area (Å²) in [5, 5.41) is 2.12. The molecule has 1 aliphatic heterocycles. The monoisotopic (exact) mass is 102 g/mol. The minimum Gasteiger partial charge on any atom is -0.101 e. The molecule has 36 valence electrons. The summed E-state index contributed by atoms with van der Waals surface area (Å²) in [5.41, 5.74) is 0. The molecule has 6 heavy (non-hydrogen) atoms. The zero-order valence-corrected chi connectivity index (χ0v) is 5.30.